The van der Waals surface area contributed by atoms with Gasteiger partial charge in [0.25, 0.3) is 0 Å². The predicted octanol–water partition coefficient (Wildman–Crippen LogP) is 1.40. The molecule has 0 aliphatic carbocycles. The molecule has 1 aromatic rings. The van der Waals surface area contributed by atoms with Gasteiger partial charge in [-0.15, -0.1) is 0 Å². The number of rotatable bonds is 0. The summed E-state index contributed by atoms with van der Waals surface area (Å²) in [5, 5.41) is 0. The van der Waals surface area contributed by atoms with Gasteiger partial charge in [-0.2, -0.15) is 0 Å². The van der Waals surface area contributed by atoms with Gasteiger partial charge in [0, 0.05) is 0 Å². The molecule has 1 rings (SSSR count). The molecule has 2 N–H and O–H groups in total. The molecule has 3 nitrogen and oxygen atoms in total. The Morgan fingerprint density at radius 2 is 1.33 bits per heavy atom. The van der Waals surface area contributed by atoms with Gasteiger partial charge in [0.15, 0.2) is 0 Å². The van der Waals surface area contributed by atoms with E-state index >= 15 is 0 Å². The summed E-state index contributed by atoms with van der Waals surface area (Å²) in [6, 6.07) is 13.0. The van der Waals surface area contributed by atoms with Crippen LogP contribution in [-0.4, -0.2) is 0 Å². The highest BCUT2D eigenvalue weighted by Gasteiger charge is 1.53. The topological polar surface area (TPSA) is 61.8 Å². The van der Waals surface area contributed by atoms with Crippen molar-refractivity contribution in [3.8, 4) is 0 Å². The van der Waals surface area contributed by atoms with Gasteiger partial charge < -0.3 is 0 Å². The van der Waals surface area contributed by atoms with Crippen LogP contribution < -0.4 is 4.91 Å². The van der Waals surface area contributed by atoms with Gasteiger partial charge in [-0.05, 0) is 12.1 Å². The van der Waals surface area contributed by atoms with Gasteiger partial charge in [0.05, 0.1) is 0 Å². The normalized spacial score (nSPS) is 5.33. The van der Waals surface area contributed by atoms with E-state index < -0.39 is 0 Å². The largest absolute Gasteiger partial charge is 0.211 e. The van der Waals surface area contributed by atoms with E-state index in [0.29, 0.717) is 0 Å². The van der Waals surface area contributed by atoms with Crippen LogP contribution in [0.3, 0.4) is 0 Å². The van der Waals surface area contributed by atoms with E-state index in [2.05, 4.69) is 12.1 Å². The Balaban J connectivity index is 0.000000187. The lowest BCUT2D eigenvalue weighted by Crippen LogP contribution is -1.43. The highest BCUT2D eigenvalue weighted by Crippen LogP contribution is 1.71. The summed E-state index contributed by atoms with van der Waals surface area (Å²) in [6.45, 7) is 0. The summed E-state index contributed by atoms with van der Waals surface area (Å²) in [4.78, 5) is 2.00. The molecule has 0 aliphatic rings. The zero-order valence-electron chi connectivity index (χ0n) is 4.76. The lowest BCUT2D eigenvalue weighted by molar-refractivity contribution is 0.928. The monoisotopic (exact) mass is 120 g/mol. The van der Waals surface area contributed by atoms with Crippen molar-refractivity contribution in [2.75, 3.05) is 0 Å². The van der Waals surface area contributed by atoms with Crippen LogP contribution in [0.15, 0.2) is 24.3 Å². The Morgan fingerprint density at radius 3 is 1.44 bits per heavy atom. The molecule has 0 saturated carbocycles. The van der Waals surface area contributed by atoms with Crippen molar-refractivity contribution < 1.29 is 0 Å². The molecule has 0 fully saturated rings. The van der Waals surface area contributed by atoms with Crippen LogP contribution in [0.25, 0.3) is 0 Å². The summed E-state index contributed by atoms with van der Waals surface area (Å²) < 4.78 is 0. The first-order valence-electron chi connectivity index (χ1n) is 2.27. The first kappa shape index (κ1) is 7.35. The SMILES string of the molecule is N=[N+]=N.c1ccccc#1. The van der Waals surface area contributed by atoms with Gasteiger partial charge in [-0.1, -0.05) is 24.3 Å². The summed E-state index contributed by atoms with van der Waals surface area (Å²) >= 11 is 0. The Labute approximate surface area is 53.4 Å². The van der Waals surface area contributed by atoms with E-state index in [1.165, 1.54) is 0 Å². The number of hydrogen-bond donors (Lipinski definition) is 2. The van der Waals surface area contributed by atoms with Crippen molar-refractivity contribution >= 4 is 0 Å². The molecule has 0 bridgehead atoms. The van der Waals surface area contributed by atoms with Crippen molar-refractivity contribution in [2.24, 2.45) is 0 Å². The van der Waals surface area contributed by atoms with Gasteiger partial charge in [0.2, 0.25) is 4.91 Å². The molecule has 0 spiro atoms. The zero-order chi connectivity index (χ0) is 6.95. The van der Waals surface area contributed by atoms with Crippen molar-refractivity contribution in [3.05, 3.63) is 36.4 Å². The van der Waals surface area contributed by atoms with E-state index in [9.17, 15) is 0 Å². The Morgan fingerprint density at radius 1 is 1.00 bits per heavy atom. The van der Waals surface area contributed by atoms with Gasteiger partial charge in [-0.25, -0.2) is 0 Å². The second-order valence-corrected chi connectivity index (χ2v) is 1.12. The van der Waals surface area contributed by atoms with Crippen LogP contribution in [0.4, 0.5) is 0 Å². The Bertz CT molecular complexity index is 138. The molecular weight excluding hydrogens is 114 g/mol. The molecule has 0 heterocycles. The highest BCUT2D eigenvalue weighted by atomic mass is 15.0. The molecule has 1 aromatic carbocycles. The van der Waals surface area contributed by atoms with Crippen LogP contribution >= 0.6 is 0 Å². The third-order valence-electron chi connectivity index (χ3n) is 0.554. The van der Waals surface area contributed by atoms with E-state index in [1.54, 1.807) is 0 Å². The summed E-state index contributed by atoms with van der Waals surface area (Å²) in [7, 11) is 0. The molecule has 0 aliphatic heterocycles. The van der Waals surface area contributed by atoms with E-state index in [-0.39, 0.29) is 0 Å². The number of nitrogens with zero attached hydrogens (tertiary/aromatic N) is 1. The predicted molar refractivity (Wildman–Crippen MR) is 31.7 cm³/mol. The molecule has 0 radical (unpaired) electrons. The minimum atomic E-state index is 1.82. The van der Waals surface area contributed by atoms with Crippen LogP contribution in [0.2, 0.25) is 0 Å². The van der Waals surface area contributed by atoms with Crippen LogP contribution in [0.5, 0.6) is 0 Å². The van der Waals surface area contributed by atoms with Crippen LogP contribution in [0, 0.1) is 23.2 Å². The zero-order valence-corrected chi connectivity index (χ0v) is 4.76. The van der Waals surface area contributed by atoms with Crippen molar-refractivity contribution in [1.82, 2.24) is 4.91 Å². The Hall–Kier alpha value is -1.65. The molecule has 3 heteroatoms. The average molecular weight is 120 g/mol. The molecule has 44 valence electrons. The summed E-state index contributed by atoms with van der Waals surface area (Å²) in [6.07, 6.45) is 0. The van der Waals surface area contributed by atoms with E-state index in [0.717, 1.165) is 0 Å². The molecule has 0 aromatic heterocycles. The maximum atomic E-state index is 5.50. The third kappa shape index (κ3) is 6.35. The summed E-state index contributed by atoms with van der Waals surface area (Å²) in [5.74, 6) is 0. The first-order chi connectivity index (χ1) is 4.41. The summed E-state index contributed by atoms with van der Waals surface area (Å²) in [5.41, 5.74) is 11.0. The molecule has 0 unspecified atom stereocenters. The first-order valence-corrected chi connectivity index (χ1v) is 2.27. The molecular formula is C6H6N3+. The van der Waals surface area contributed by atoms with Gasteiger partial charge in [-0.3, -0.25) is 0 Å². The fourth-order valence-electron chi connectivity index (χ4n) is 0.304. The quantitative estimate of drug-likeness (QED) is 0.384. The molecule has 9 heavy (non-hydrogen) atoms. The minimum Gasteiger partial charge on any atom is -0.0702 e. The van der Waals surface area contributed by atoms with Crippen LogP contribution in [-0.2, 0) is 0 Å². The number of hydrogen-bond acceptors (Lipinski definition) is 2. The lowest BCUT2D eigenvalue weighted by Gasteiger charge is -1.61. The lowest BCUT2D eigenvalue weighted by atomic mass is 10.4. The smallest absolute Gasteiger partial charge is 0.0702 e. The van der Waals surface area contributed by atoms with Crippen LogP contribution in [0.1, 0.15) is 0 Å². The number of nitrogens with one attached hydrogen (secondary N) is 2. The second kappa shape index (κ2) is 6.35. The van der Waals surface area contributed by atoms with Crippen molar-refractivity contribution in [2.45, 2.75) is 0 Å². The fourth-order valence-corrected chi connectivity index (χ4v) is 0.304. The van der Waals surface area contributed by atoms with E-state index in [4.69, 9.17) is 11.1 Å². The molecule has 0 saturated heterocycles. The van der Waals surface area contributed by atoms with E-state index in [1.807, 2.05) is 29.2 Å². The van der Waals surface area contributed by atoms with Gasteiger partial charge >= 0.3 is 0 Å². The maximum Gasteiger partial charge on any atom is 0.211 e. The molecule has 0 atom stereocenters. The van der Waals surface area contributed by atoms with Crippen molar-refractivity contribution in [3.63, 3.8) is 0 Å². The Kier molecular flexibility index (Phi) is 5.19. The standard InChI is InChI=1S/C6H4.H2N3/c1-2-4-6-5-3-1;1-3-2/h1-4H;1-2H/q;+1. The second-order valence-electron chi connectivity index (χ2n) is 1.12. The maximum absolute atomic E-state index is 5.50. The van der Waals surface area contributed by atoms with Crippen molar-refractivity contribution in [1.29, 1.82) is 11.1 Å². The highest BCUT2D eigenvalue weighted by molar-refractivity contribution is 4.89. The molecule has 0 amide bonds. The average Bonchev–Trinajstić information content (AvgIpc) is 1.93. The van der Waals surface area contributed by atoms with Gasteiger partial charge in [0.1, 0.15) is 11.1 Å². The minimum absolute atomic E-state index is 1.82. The third-order valence-corrected chi connectivity index (χ3v) is 0.554. The fraction of sp³-hybridized carbons (Fsp3) is 0.